The Hall–Kier alpha value is -6.45. The summed E-state index contributed by atoms with van der Waals surface area (Å²) in [6.45, 7) is 0. The molecular weight excluding hydrogens is 585 g/mol. The van der Waals surface area contributed by atoms with Gasteiger partial charge in [-0.1, -0.05) is 146 Å². The number of para-hydroxylation sites is 1. The third kappa shape index (κ3) is 4.90. The van der Waals surface area contributed by atoms with Gasteiger partial charge in [-0.15, -0.1) is 0 Å². The number of hydrogen-bond acceptors (Lipinski definition) is 3. The van der Waals surface area contributed by atoms with Crippen molar-refractivity contribution in [2.24, 2.45) is 0 Å². The van der Waals surface area contributed by atoms with Crippen LogP contribution in [0.3, 0.4) is 0 Å². The van der Waals surface area contributed by atoms with Gasteiger partial charge < -0.3 is 4.42 Å². The van der Waals surface area contributed by atoms with Crippen LogP contribution in [0.15, 0.2) is 187 Å². The monoisotopic (exact) mass is 614 g/mol. The summed E-state index contributed by atoms with van der Waals surface area (Å²) in [5.74, 6) is 0.821. The SMILES string of the molecule is c1ccc(-c2ccc(-c3ccc(N(c4cc5c(cn4)oc4c6ccccc6ccc54)c4ccccc4-c4ccccc4)cc3)cc2)cc1. The maximum atomic E-state index is 6.43. The van der Waals surface area contributed by atoms with Gasteiger partial charge in [-0.2, -0.15) is 0 Å². The normalized spacial score (nSPS) is 11.3. The summed E-state index contributed by atoms with van der Waals surface area (Å²) < 4.78 is 6.43. The number of furan rings is 1. The Morgan fingerprint density at radius 2 is 1.02 bits per heavy atom. The van der Waals surface area contributed by atoms with E-state index in [-0.39, 0.29) is 0 Å². The van der Waals surface area contributed by atoms with Gasteiger partial charge in [0.15, 0.2) is 5.58 Å². The van der Waals surface area contributed by atoms with Crippen molar-refractivity contribution in [2.45, 2.75) is 0 Å². The highest BCUT2D eigenvalue weighted by molar-refractivity contribution is 6.15. The van der Waals surface area contributed by atoms with Crippen molar-refractivity contribution in [1.29, 1.82) is 0 Å². The lowest BCUT2D eigenvalue weighted by atomic mass is 9.99. The van der Waals surface area contributed by atoms with E-state index in [0.717, 1.165) is 66.6 Å². The Morgan fingerprint density at radius 3 is 1.75 bits per heavy atom. The minimum atomic E-state index is 0.774. The molecular formula is C45H30N2O. The molecule has 0 amide bonds. The molecule has 2 heterocycles. The minimum Gasteiger partial charge on any atom is -0.454 e. The van der Waals surface area contributed by atoms with Gasteiger partial charge in [-0.25, -0.2) is 4.98 Å². The lowest BCUT2D eigenvalue weighted by molar-refractivity contribution is 0.670. The van der Waals surface area contributed by atoms with Crippen LogP contribution < -0.4 is 4.90 Å². The Morgan fingerprint density at radius 1 is 0.438 bits per heavy atom. The van der Waals surface area contributed by atoms with E-state index in [1.807, 2.05) is 12.3 Å². The highest BCUT2D eigenvalue weighted by Gasteiger charge is 2.20. The minimum absolute atomic E-state index is 0.774. The number of nitrogens with zero attached hydrogens (tertiary/aromatic N) is 2. The predicted molar refractivity (Wildman–Crippen MR) is 200 cm³/mol. The highest BCUT2D eigenvalue weighted by atomic mass is 16.3. The maximum Gasteiger partial charge on any atom is 0.153 e. The third-order valence-corrected chi connectivity index (χ3v) is 9.14. The summed E-state index contributed by atoms with van der Waals surface area (Å²) in [5, 5.41) is 4.38. The molecule has 9 aromatic rings. The average molecular weight is 615 g/mol. The van der Waals surface area contributed by atoms with Gasteiger partial charge >= 0.3 is 0 Å². The molecule has 0 N–H and O–H groups in total. The highest BCUT2D eigenvalue weighted by Crippen LogP contribution is 2.42. The quantitative estimate of drug-likeness (QED) is 0.187. The fraction of sp³-hybridized carbons (Fsp3) is 0. The fourth-order valence-electron chi connectivity index (χ4n) is 6.73. The van der Waals surface area contributed by atoms with Crippen molar-refractivity contribution in [3.8, 4) is 33.4 Å². The Balaban J connectivity index is 1.17. The summed E-state index contributed by atoms with van der Waals surface area (Å²) in [4.78, 5) is 7.28. The summed E-state index contributed by atoms with van der Waals surface area (Å²) in [7, 11) is 0. The zero-order chi connectivity index (χ0) is 31.9. The van der Waals surface area contributed by atoms with Gasteiger partial charge in [0.2, 0.25) is 0 Å². The molecule has 0 spiro atoms. The second-order valence-electron chi connectivity index (χ2n) is 12.0. The average Bonchev–Trinajstić information content (AvgIpc) is 3.55. The molecule has 0 aliphatic carbocycles. The van der Waals surface area contributed by atoms with Crippen LogP contribution in [0.4, 0.5) is 17.2 Å². The molecule has 0 saturated heterocycles. The zero-order valence-corrected chi connectivity index (χ0v) is 26.1. The number of pyridine rings is 1. The van der Waals surface area contributed by atoms with E-state index in [1.54, 1.807) is 0 Å². The molecule has 2 aromatic heterocycles. The molecule has 9 rings (SSSR count). The van der Waals surface area contributed by atoms with Crippen LogP contribution in [0.1, 0.15) is 0 Å². The zero-order valence-electron chi connectivity index (χ0n) is 26.1. The first-order valence-electron chi connectivity index (χ1n) is 16.2. The van der Waals surface area contributed by atoms with Crippen LogP contribution in [0, 0.1) is 0 Å². The van der Waals surface area contributed by atoms with Crippen LogP contribution in [0.2, 0.25) is 0 Å². The Labute approximate surface area is 279 Å². The van der Waals surface area contributed by atoms with Gasteiger partial charge in [0.25, 0.3) is 0 Å². The van der Waals surface area contributed by atoms with Gasteiger partial charge in [-0.05, 0) is 63.5 Å². The Bertz CT molecular complexity index is 2540. The molecule has 0 aliphatic rings. The van der Waals surface area contributed by atoms with E-state index in [0.29, 0.717) is 0 Å². The van der Waals surface area contributed by atoms with Crippen molar-refractivity contribution in [3.05, 3.63) is 182 Å². The van der Waals surface area contributed by atoms with E-state index in [1.165, 1.54) is 16.7 Å². The maximum absolute atomic E-state index is 6.43. The summed E-state index contributed by atoms with van der Waals surface area (Å²) in [5.41, 5.74) is 10.8. The Kier molecular flexibility index (Phi) is 6.80. The van der Waals surface area contributed by atoms with E-state index in [2.05, 4.69) is 175 Å². The number of benzene rings is 7. The van der Waals surface area contributed by atoms with E-state index in [4.69, 9.17) is 9.40 Å². The molecule has 0 fully saturated rings. The van der Waals surface area contributed by atoms with E-state index < -0.39 is 0 Å². The van der Waals surface area contributed by atoms with Crippen LogP contribution >= 0.6 is 0 Å². The summed E-state index contributed by atoms with van der Waals surface area (Å²) >= 11 is 0. The number of hydrogen-bond donors (Lipinski definition) is 0. The molecule has 0 saturated carbocycles. The molecule has 0 unspecified atom stereocenters. The van der Waals surface area contributed by atoms with Crippen molar-refractivity contribution in [2.75, 3.05) is 4.90 Å². The van der Waals surface area contributed by atoms with Crippen molar-refractivity contribution in [3.63, 3.8) is 0 Å². The second kappa shape index (κ2) is 11.7. The lowest BCUT2D eigenvalue weighted by Crippen LogP contribution is -2.12. The van der Waals surface area contributed by atoms with Crippen LogP contribution in [0.5, 0.6) is 0 Å². The van der Waals surface area contributed by atoms with Crippen molar-refractivity contribution < 1.29 is 4.42 Å². The smallest absolute Gasteiger partial charge is 0.153 e. The molecule has 0 bridgehead atoms. The predicted octanol–water partition coefficient (Wildman–Crippen LogP) is 12.6. The molecule has 7 aromatic carbocycles. The topological polar surface area (TPSA) is 29.3 Å². The molecule has 0 aliphatic heterocycles. The van der Waals surface area contributed by atoms with Crippen molar-refractivity contribution >= 4 is 49.9 Å². The number of rotatable bonds is 6. The third-order valence-electron chi connectivity index (χ3n) is 9.14. The molecule has 226 valence electrons. The standard InChI is InChI=1S/C45H30N2O/c1-3-11-31(12-4-1)32-19-21-33(22-20-32)34-23-26-37(27-24-34)47(42-18-10-9-16-38(42)35-13-5-2-6-14-35)44-29-41-40-28-25-36-15-7-8-17-39(36)45(40)48-43(41)30-46-44/h1-30H. The number of anilines is 3. The summed E-state index contributed by atoms with van der Waals surface area (Å²) in [6.07, 6.45) is 1.86. The molecule has 0 atom stereocenters. The molecule has 0 radical (unpaired) electrons. The van der Waals surface area contributed by atoms with Crippen molar-refractivity contribution in [1.82, 2.24) is 4.98 Å². The van der Waals surface area contributed by atoms with Gasteiger partial charge in [0, 0.05) is 27.4 Å². The van der Waals surface area contributed by atoms with Gasteiger partial charge in [-0.3, -0.25) is 4.90 Å². The largest absolute Gasteiger partial charge is 0.454 e. The van der Waals surface area contributed by atoms with Crippen LogP contribution in [-0.2, 0) is 0 Å². The van der Waals surface area contributed by atoms with Gasteiger partial charge in [0.1, 0.15) is 11.4 Å². The van der Waals surface area contributed by atoms with E-state index in [9.17, 15) is 0 Å². The summed E-state index contributed by atoms with van der Waals surface area (Å²) in [6, 6.07) is 62.0. The number of aromatic nitrogens is 1. The molecule has 48 heavy (non-hydrogen) atoms. The molecule has 3 nitrogen and oxygen atoms in total. The first-order valence-corrected chi connectivity index (χ1v) is 16.2. The lowest BCUT2D eigenvalue weighted by Gasteiger charge is -2.27. The van der Waals surface area contributed by atoms with Crippen LogP contribution in [0.25, 0.3) is 66.1 Å². The first-order chi connectivity index (χ1) is 23.8. The second-order valence-corrected chi connectivity index (χ2v) is 12.0. The van der Waals surface area contributed by atoms with Crippen LogP contribution in [-0.4, -0.2) is 4.98 Å². The molecule has 3 heteroatoms. The van der Waals surface area contributed by atoms with Gasteiger partial charge in [0.05, 0.1) is 11.9 Å². The number of fused-ring (bicyclic) bond motifs is 5. The first kappa shape index (κ1) is 27.8. The fourth-order valence-corrected chi connectivity index (χ4v) is 6.73. The van der Waals surface area contributed by atoms with E-state index >= 15 is 0 Å².